The maximum Gasteiger partial charge on any atom is 0.234 e. The Morgan fingerprint density at radius 2 is 1.95 bits per heavy atom. The summed E-state index contributed by atoms with van der Waals surface area (Å²) in [6.07, 6.45) is 0. The van der Waals surface area contributed by atoms with E-state index in [4.69, 9.17) is 22.3 Å². The summed E-state index contributed by atoms with van der Waals surface area (Å²) in [7, 11) is 0. The molecule has 0 unspecified atom stereocenters. The predicted molar refractivity (Wildman–Crippen MR) is 76.8 cm³/mol. The molecule has 0 amide bonds. The minimum absolute atomic E-state index is 0.0288. The van der Waals surface area contributed by atoms with Gasteiger partial charge in [0.2, 0.25) is 11.9 Å². The Labute approximate surface area is 116 Å². The van der Waals surface area contributed by atoms with Gasteiger partial charge in [-0.2, -0.15) is 5.01 Å². The van der Waals surface area contributed by atoms with E-state index in [1.54, 1.807) is 38.1 Å². The molecule has 0 aromatic heterocycles. The Balaban J connectivity index is 3.16. The largest absolute Gasteiger partial charge is 0.368 e. The summed E-state index contributed by atoms with van der Waals surface area (Å²) in [6, 6.07) is 6.51. The molecule has 0 bridgehead atoms. The van der Waals surface area contributed by atoms with Crippen molar-refractivity contribution in [3.05, 3.63) is 29.8 Å². The van der Waals surface area contributed by atoms with Crippen LogP contribution in [0.25, 0.3) is 0 Å². The van der Waals surface area contributed by atoms with Crippen LogP contribution in [0.1, 0.15) is 24.2 Å². The summed E-state index contributed by atoms with van der Waals surface area (Å²) >= 11 is 0. The van der Waals surface area contributed by atoms with E-state index in [1.807, 2.05) is 0 Å². The Kier molecular flexibility index (Phi) is 4.90. The molecular formula is C12H17N7O. The fraction of sp³-hybridized carbons (Fsp3) is 0.250. The highest BCUT2D eigenvalue weighted by Gasteiger charge is 2.14. The lowest BCUT2D eigenvalue weighted by Gasteiger charge is -2.16. The second-order valence-corrected chi connectivity index (χ2v) is 4.34. The quantitative estimate of drug-likeness (QED) is 0.217. The number of carbonyl (C=O) groups is 1. The van der Waals surface area contributed by atoms with Crippen molar-refractivity contribution in [2.24, 2.45) is 27.7 Å². The second kappa shape index (κ2) is 6.41. The van der Waals surface area contributed by atoms with Crippen molar-refractivity contribution >= 4 is 23.4 Å². The van der Waals surface area contributed by atoms with Gasteiger partial charge < -0.3 is 11.5 Å². The van der Waals surface area contributed by atoms with Gasteiger partial charge in [-0.25, -0.2) is 0 Å². The van der Waals surface area contributed by atoms with Gasteiger partial charge in [-0.15, -0.1) is 0 Å². The summed E-state index contributed by atoms with van der Waals surface area (Å²) in [5.41, 5.74) is 11.4. The van der Waals surface area contributed by atoms with Crippen molar-refractivity contribution in [2.75, 3.05) is 5.01 Å². The minimum Gasteiger partial charge on any atom is -0.368 e. The highest BCUT2D eigenvalue weighted by Crippen LogP contribution is 2.18. The van der Waals surface area contributed by atoms with E-state index in [0.717, 1.165) is 5.01 Å². The van der Waals surface area contributed by atoms with Crippen molar-refractivity contribution in [2.45, 2.75) is 13.8 Å². The Morgan fingerprint density at radius 1 is 1.30 bits per heavy atom. The van der Waals surface area contributed by atoms with Gasteiger partial charge in [-0.05, 0) is 12.1 Å². The smallest absolute Gasteiger partial charge is 0.234 e. The van der Waals surface area contributed by atoms with Crippen LogP contribution in [0.5, 0.6) is 0 Å². The number of nitrogens with one attached hydrogen (secondary N) is 2. The van der Waals surface area contributed by atoms with E-state index in [1.165, 1.54) is 0 Å². The molecule has 0 saturated carbocycles. The van der Waals surface area contributed by atoms with Gasteiger partial charge >= 0.3 is 0 Å². The summed E-state index contributed by atoms with van der Waals surface area (Å²) in [6.45, 7) is 3.60. The first-order valence-corrected chi connectivity index (χ1v) is 5.87. The number of hydrogen-bond acceptors (Lipinski definition) is 4. The Hall–Kier alpha value is -2.77. The van der Waals surface area contributed by atoms with E-state index in [9.17, 15) is 4.79 Å². The van der Waals surface area contributed by atoms with Gasteiger partial charge in [-0.3, -0.25) is 15.6 Å². The molecular weight excluding hydrogens is 258 g/mol. The zero-order valence-corrected chi connectivity index (χ0v) is 11.3. The highest BCUT2D eigenvalue weighted by atomic mass is 16.1. The number of benzene rings is 1. The number of hydrogen-bond donors (Lipinski definition) is 4. The molecule has 1 rings (SSSR count). The third-order valence-electron chi connectivity index (χ3n) is 2.37. The third kappa shape index (κ3) is 3.87. The molecule has 0 spiro atoms. The lowest BCUT2D eigenvalue weighted by atomic mass is 10.0. The lowest BCUT2D eigenvalue weighted by molar-refractivity contribution is 0.0939. The third-order valence-corrected chi connectivity index (χ3v) is 2.37. The molecule has 8 nitrogen and oxygen atoms in total. The van der Waals surface area contributed by atoms with Crippen molar-refractivity contribution in [1.29, 1.82) is 10.8 Å². The Morgan fingerprint density at radius 3 is 2.45 bits per heavy atom. The normalized spacial score (nSPS) is 10.8. The maximum absolute atomic E-state index is 11.9. The van der Waals surface area contributed by atoms with Crippen LogP contribution in [0.15, 0.2) is 34.6 Å². The first-order chi connectivity index (χ1) is 9.32. The molecule has 0 atom stereocenters. The summed E-state index contributed by atoms with van der Waals surface area (Å²) in [5.74, 6) is -1.08. The highest BCUT2D eigenvalue weighted by molar-refractivity contribution is 5.99. The van der Waals surface area contributed by atoms with E-state index >= 15 is 0 Å². The van der Waals surface area contributed by atoms with Gasteiger partial charge in [0.25, 0.3) is 0 Å². The van der Waals surface area contributed by atoms with Crippen LogP contribution in [0.3, 0.4) is 0 Å². The van der Waals surface area contributed by atoms with E-state index in [0.29, 0.717) is 11.3 Å². The molecule has 20 heavy (non-hydrogen) atoms. The van der Waals surface area contributed by atoms with Crippen LogP contribution in [-0.4, -0.2) is 17.7 Å². The predicted octanol–water partition coefficient (Wildman–Crippen LogP) is 1.49. The summed E-state index contributed by atoms with van der Waals surface area (Å²) < 4.78 is 0. The average molecular weight is 275 g/mol. The number of rotatable bonds is 4. The molecule has 6 N–H and O–H groups in total. The number of ketones is 1. The van der Waals surface area contributed by atoms with Crippen molar-refractivity contribution in [3.63, 3.8) is 0 Å². The zero-order valence-electron chi connectivity index (χ0n) is 11.3. The lowest BCUT2D eigenvalue weighted by Crippen LogP contribution is -2.32. The molecule has 0 radical (unpaired) electrons. The van der Waals surface area contributed by atoms with E-state index in [-0.39, 0.29) is 11.7 Å². The number of carbonyl (C=O) groups excluding carboxylic acids is 1. The van der Waals surface area contributed by atoms with Crippen molar-refractivity contribution < 1.29 is 4.79 Å². The van der Waals surface area contributed by atoms with Gasteiger partial charge in [0.05, 0.1) is 5.69 Å². The van der Waals surface area contributed by atoms with Crippen LogP contribution in [0.4, 0.5) is 5.69 Å². The maximum atomic E-state index is 11.9. The molecule has 0 fully saturated rings. The van der Waals surface area contributed by atoms with Crippen LogP contribution >= 0.6 is 0 Å². The molecule has 1 aromatic rings. The molecule has 0 heterocycles. The van der Waals surface area contributed by atoms with Crippen LogP contribution in [0.2, 0.25) is 0 Å². The fourth-order valence-electron chi connectivity index (χ4n) is 1.46. The Bertz CT molecular complexity index is 565. The average Bonchev–Trinajstić information content (AvgIpc) is 2.37. The number of nitrogens with two attached hydrogens (primary N) is 2. The number of nitrogens with zero attached hydrogens (tertiary/aromatic N) is 3. The number of anilines is 1. The van der Waals surface area contributed by atoms with Gasteiger partial charge in [0, 0.05) is 11.5 Å². The number of Topliss-reactive ketones (excluding diaryl/α,β-unsaturated/α-hetero) is 1. The standard InChI is InChI=1S/C12H17N7O/c1-7(2)10(20)8-4-3-5-9(6-8)19(12(15)16)18-17-11(13)14/h3-7H,1-2H3,(H3,13,14)(H3,15,16). The minimum atomic E-state index is -0.509. The molecule has 0 aliphatic rings. The summed E-state index contributed by atoms with van der Waals surface area (Å²) in [4.78, 5) is 11.9. The molecule has 8 heteroatoms. The summed E-state index contributed by atoms with van der Waals surface area (Å²) in [5, 5.41) is 22.3. The van der Waals surface area contributed by atoms with Crippen molar-refractivity contribution in [3.8, 4) is 0 Å². The topological polar surface area (TPSA) is 145 Å². The zero-order chi connectivity index (χ0) is 15.3. The van der Waals surface area contributed by atoms with Crippen LogP contribution in [0, 0.1) is 16.7 Å². The SMILES string of the molecule is CC(C)C(=O)c1cccc(N(N=NC(=N)N)C(=N)N)c1. The monoisotopic (exact) mass is 275 g/mol. The molecule has 1 aromatic carbocycles. The van der Waals surface area contributed by atoms with Gasteiger partial charge in [0.15, 0.2) is 5.78 Å². The van der Waals surface area contributed by atoms with Gasteiger partial charge in [-0.1, -0.05) is 36.3 Å². The second-order valence-electron chi connectivity index (χ2n) is 4.34. The van der Waals surface area contributed by atoms with E-state index < -0.39 is 11.9 Å². The number of guanidine groups is 2. The first-order valence-electron chi connectivity index (χ1n) is 5.87. The molecule has 0 aliphatic heterocycles. The van der Waals surface area contributed by atoms with Crippen molar-refractivity contribution in [1.82, 2.24) is 0 Å². The van der Waals surface area contributed by atoms with Crippen LogP contribution in [-0.2, 0) is 0 Å². The molecule has 106 valence electrons. The molecule has 0 aliphatic carbocycles. The van der Waals surface area contributed by atoms with E-state index in [2.05, 4.69) is 10.3 Å². The fourth-order valence-corrected chi connectivity index (χ4v) is 1.46. The first kappa shape index (κ1) is 15.3. The van der Waals surface area contributed by atoms with Gasteiger partial charge in [0.1, 0.15) is 0 Å². The van der Waals surface area contributed by atoms with Crippen LogP contribution < -0.4 is 16.5 Å². The molecule has 0 saturated heterocycles.